The molecule has 0 saturated carbocycles. The number of rotatable bonds is 5. The van der Waals surface area contributed by atoms with E-state index in [1.165, 1.54) is 5.56 Å². The van der Waals surface area contributed by atoms with E-state index in [2.05, 4.69) is 62.2 Å². The Kier molecular flexibility index (Phi) is 5.70. The van der Waals surface area contributed by atoms with Crippen molar-refractivity contribution in [2.24, 2.45) is 0 Å². The highest BCUT2D eigenvalue weighted by Gasteiger charge is 2.19. The van der Waals surface area contributed by atoms with Crippen molar-refractivity contribution in [1.82, 2.24) is 29.7 Å². The molecule has 5 aromatic rings. The molecule has 35 heavy (non-hydrogen) atoms. The molecule has 1 aliphatic heterocycles. The molecule has 3 aromatic heterocycles. The summed E-state index contributed by atoms with van der Waals surface area (Å²) in [6.45, 7) is 5.20. The van der Waals surface area contributed by atoms with Gasteiger partial charge in [0.2, 0.25) is 0 Å². The number of benzene rings is 2. The average molecular weight is 462 g/mol. The normalized spacial score (nSPS) is 14.4. The van der Waals surface area contributed by atoms with E-state index < -0.39 is 0 Å². The van der Waals surface area contributed by atoms with Crippen molar-refractivity contribution in [2.75, 3.05) is 31.9 Å². The second-order valence-electron chi connectivity index (χ2n) is 8.83. The van der Waals surface area contributed by atoms with E-state index in [-0.39, 0.29) is 0 Å². The third-order valence-electron chi connectivity index (χ3n) is 6.49. The number of hydrogen-bond acceptors (Lipinski definition) is 6. The van der Waals surface area contributed by atoms with Gasteiger partial charge < -0.3 is 11.1 Å². The van der Waals surface area contributed by atoms with Gasteiger partial charge in [-0.2, -0.15) is 0 Å². The van der Waals surface area contributed by atoms with E-state index >= 15 is 0 Å². The summed E-state index contributed by atoms with van der Waals surface area (Å²) < 4.78 is 2.08. The highest BCUT2D eigenvalue weighted by atomic mass is 15.2. The second kappa shape index (κ2) is 9.29. The topological polar surface area (TPSA) is 84.9 Å². The summed E-state index contributed by atoms with van der Waals surface area (Å²) in [4.78, 5) is 16.6. The van der Waals surface area contributed by atoms with Crippen molar-refractivity contribution >= 4 is 17.0 Å². The molecule has 4 heterocycles. The van der Waals surface area contributed by atoms with Crippen LogP contribution in [-0.2, 0) is 6.54 Å². The molecular weight excluding hydrogens is 434 g/mol. The van der Waals surface area contributed by atoms with Crippen LogP contribution in [0.1, 0.15) is 5.56 Å². The maximum absolute atomic E-state index is 6.28. The molecule has 0 atom stereocenters. The Morgan fingerprint density at radius 1 is 0.857 bits per heavy atom. The van der Waals surface area contributed by atoms with Crippen LogP contribution in [0.3, 0.4) is 0 Å². The molecule has 1 fully saturated rings. The highest BCUT2D eigenvalue weighted by Crippen LogP contribution is 2.32. The monoisotopic (exact) mass is 461 g/mol. The van der Waals surface area contributed by atoms with Crippen molar-refractivity contribution in [3.63, 3.8) is 0 Å². The number of nitrogen functional groups attached to an aromatic ring is 1. The SMILES string of the molecule is Nc1ncccc1-c1nc2cc(-c3ccccc3)cnc2n1-c1ccc(CN2CCNCC2)cc1. The van der Waals surface area contributed by atoms with E-state index in [0.717, 1.165) is 72.1 Å². The van der Waals surface area contributed by atoms with Gasteiger partial charge in [-0.05, 0) is 41.5 Å². The molecule has 0 unspecified atom stereocenters. The molecule has 0 amide bonds. The van der Waals surface area contributed by atoms with Gasteiger partial charge in [-0.3, -0.25) is 9.47 Å². The fraction of sp³-hybridized carbons (Fsp3) is 0.179. The van der Waals surface area contributed by atoms with E-state index in [1.807, 2.05) is 36.5 Å². The summed E-state index contributed by atoms with van der Waals surface area (Å²) in [7, 11) is 0. The summed E-state index contributed by atoms with van der Waals surface area (Å²) in [5.41, 5.74) is 13.1. The van der Waals surface area contributed by atoms with Crippen LogP contribution in [0.2, 0.25) is 0 Å². The van der Waals surface area contributed by atoms with Gasteiger partial charge in [-0.1, -0.05) is 42.5 Å². The molecule has 1 aliphatic rings. The quantitative estimate of drug-likeness (QED) is 0.409. The van der Waals surface area contributed by atoms with Crippen molar-refractivity contribution in [3.8, 4) is 28.2 Å². The third kappa shape index (κ3) is 4.27. The molecule has 3 N–H and O–H groups in total. The Morgan fingerprint density at radius 3 is 2.43 bits per heavy atom. The van der Waals surface area contributed by atoms with Gasteiger partial charge in [0.15, 0.2) is 11.5 Å². The van der Waals surface area contributed by atoms with Gasteiger partial charge in [-0.15, -0.1) is 0 Å². The Bertz CT molecular complexity index is 1450. The first-order valence-electron chi connectivity index (χ1n) is 11.9. The molecule has 0 spiro atoms. The molecule has 7 heteroatoms. The van der Waals surface area contributed by atoms with Crippen LogP contribution in [0.25, 0.3) is 39.4 Å². The van der Waals surface area contributed by atoms with Crippen LogP contribution >= 0.6 is 0 Å². The van der Waals surface area contributed by atoms with Gasteiger partial charge in [0.25, 0.3) is 0 Å². The fourth-order valence-corrected chi connectivity index (χ4v) is 4.66. The first kappa shape index (κ1) is 21.5. The molecular formula is C28H27N7. The third-order valence-corrected chi connectivity index (χ3v) is 6.49. The van der Waals surface area contributed by atoms with Crippen molar-refractivity contribution in [2.45, 2.75) is 6.54 Å². The zero-order valence-electron chi connectivity index (χ0n) is 19.4. The van der Waals surface area contributed by atoms with E-state index in [1.54, 1.807) is 6.20 Å². The van der Waals surface area contributed by atoms with Gasteiger partial charge in [0.05, 0.1) is 5.56 Å². The number of hydrogen-bond donors (Lipinski definition) is 2. The Labute approximate surface area is 204 Å². The first-order valence-corrected chi connectivity index (χ1v) is 11.9. The number of imidazole rings is 1. The number of anilines is 1. The van der Waals surface area contributed by atoms with E-state index in [9.17, 15) is 0 Å². The van der Waals surface area contributed by atoms with Crippen LogP contribution < -0.4 is 11.1 Å². The van der Waals surface area contributed by atoms with Gasteiger partial charge >= 0.3 is 0 Å². The number of pyridine rings is 2. The summed E-state index contributed by atoms with van der Waals surface area (Å²) in [5, 5.41) is 3.41. The Balaban J connectivity index is 1.44. The maximum Gasteiger partial charge on any atom is 0.164 e. The van der Waals surface area contributed by atoms with Gasteiger partial charge in [0.1, 0.15) is 11.3 Å². The zero-order valence-corrected chi connectivity index (χ0v) is 19.4. The lowest BCUT2D eigenvalue weighted by molar-refractivity contribution is 0.233. The van der Waals surface area contributed by atoms with Crippen molar-refractivity contribution in [3.05, 3.63) is 90.8 Å². The zero-order chi connectivity index (χ0) is 23.6. The molecule has 6 rings (SSSR count). The maximum atomic E-state index is 6.28. The summed E-state index contributed by atoms with van der Waals surface area (Å²) in [6, 6.07) is 24.8. The number of nitrogens with one attached hydrogen (secondary N) is 1. The second-order valence-corrected chi connectivity index (χ2v) is 8.83. The average Bonchev–Trinajstić information content (AvgIpc) is 3.29. The Morgan fingerprint density at radius 2 is 1.66 bits per heavy atom. The standard InChI is InChI=1S/C28H27N7/c29-26-24(7-4-12-31-26)27-33-25-17-22(21-5-2-1-3-6-21)18-32-28(25)35(27)23-10-8-20(9-11-23)19-34-15-13-30-14-16-34/h1-12,17-18,30H,13-16,19H2,(H2,29,31). The van der Waals surface area contributed by atoms with Crippen molar-refractivity contribution in [1.29, 1.82) is 0 Å². The van der Waals surface area contributed by atoms with Crippen LogP contribution in [-0.4, -0.2) is 50.6 Å². The minimum atomic E-state index is 0.447. The first-order chi connectivity index (χ1) is 17.3. The lowest BCUT2D eigenvalue weighted by Crippen LogP contribution is -2.42. The molecule has 174 valence electrons. The molecule has 0 radical (unpaired) electrons. The predicted molar refractivity (Wildman–Crippen MR) is 140 cm³/mol. The molecule has 1 saturated heterocycles. The lowest BCUT2D eigenvalue weighted by Gasteiger charge is -2.27. The summed E-state index contributed by atoms with van der Waals surface area (Å²) in [6.07, 6.45) is 3.60. The summed E-state index contributed by atoms with van der Waals surface area (Å²) in [5.74, 6) is 1.18. The number of nitrogens with zero attached hydrogens (tertiary/aromatic N) is 5. The van der Waals surface area contributed by atoms with E-state index in [4.69, 9.17) is 15.7 Å². The van der Waals surface area contributed by atoms with Crippen LogP contribution in [0, 0.1) is 0 Å². The minimum Gasteiger partial charge on any atom is -0.383 e. The van der Waals surface area contributed by atoms with Crippen LogP contribution in [0.4, 0.5) is 5.82 Å². The molecule has 2 aromatic carbocycles. The molecule has 0 aliphatic carbocycles. The summed E-state index contributed by atoms with van der Waals surface area (Å²) >= 11 is 0. The van der Waals surface area contributed by atoms with E-state index in [0.29, 0.717) is 5.82 Å². The number of nitrogens with two attached hydrogens (primary N) is 1. The van der Waals surface area contributed by atoms with Gasteiger partial charge in [0, 0.05) is 56.4 Å². The highest BCUT2D eigenvalue weighted by molar-refractivity contribution is 5.85. The van der Waals surface area contributed by atoms with Gasteiger partial charge in [-0.25, -0.2) is 15.0 Å². The smallest absolute Gasteiger partial charge is 0.164 e. The number of piperazine rings is 1. The fourth-order valence-electron chi connectivity index (χ4n) is 4.66. The van der Waals surface area contributed by atoms with Crippen LogP contribution in [0.5, 0.6) is 0 Å². The van der Waals surface area contributed by atoms with Crippen molar-refractivity contribution < 1.29 is 0 Å². The predicted octanol–water partition coefficient (Wildman–Crippen LogP) is 4.14. The largest absolute Gasteiger partial charge is 0.383 e. The van der Waals surface area contributed by atoms with Crippen LogP contribution in [0.15, 0.2) is 85.2 Å². The number of fused-ring (bicyclic) bond motifs is 1. The lowest BCUT2D eigenvalue weighted by atomic mass is 10.1. The minimum absolute atomic E-state index is 0.447. The Hall–Kier alpha value is -4.07. The molecule has 0 bridgehead atoms. The molecule has 7 nitrogen and oxygen atoms in total. The number of aromatic nitrogens is 4.